The van der Waals surface area contributed by atoms with Crippen LogP contribution in [0, 0.1) is 29.1 Å². The van der Waals surface area contributed by atoms with Crippen LogP contribution in [0.25, 0.3) is 0 Å². The highest BCUT2D eigenvalue weighted by atomic mass is 19.2. The van der Waals surface area contributed by atoms with Gasteiger partial charge in [-0.25, -0.2) is 13.2 Å². The minimum Gasteiger partial charge on any atom is -0.479 e. The number of benzene rings is 1. The van der Waals surface area contributed by atoms with E-state index in [2.05, 4.69) is 5.10 Å². The van der Waals surface area contributed by atoms with Gasteiger partial charge in [-0.05, 0) is 25.1 Å². The number of hydrogen-bond acceptors (Lipinski definition) is 4. The number of carbonyl (C=O) groups is 1. The molecular formula is C19H16F5N3O3. The van der Waals surface area contributed by atoms with E-state index < -0.39 is 47.3 Å². The molecule has 160 valence electrons. The van der Waals surface area contributed by atoms with Crippen LogP contribution in [0.2, 0.25) is 0 Å². The first-order valence-electron chi connectivity index (χ1n) is 8.73. The third kappa shape index (κ3) is 4.00. The molecule has 2 heterocycles. The van der Waals surface area contributed by atoms with Crippen molar-refractivity contribution in [2.45, 2.75) is 26.6 Å². The highest BCUT2D eigenvalue weighted by molar-refractivity contribution is 5.91. The monoisotopic (exact) mass is 429 g/mol. The van der Waals surface area contributed by atoms with E-state index in [4.69, 9.17) is 9.15 Å². The lowest BCUT2D eigenvalue weighted by atomic mass is 10.2. The van der Waals surface area contributed by atoms with E-state index in [1.807, 2.05) is 6.92 Å². The van der Waals surface area contributed by atoms with Gasteiger partial charge in [0.15, 0.2) is 11.5 Å². The van der Waals surface area contributed by atoms with Crippen molar-refractivity contribution in [3.63, 3.8) is 0 Å². The van der Waals surface area contributed by atoms with Gasteiger partial charge < -0.3 is 14.1 Å². The average Bonchev–Trinajstić information content (AvgIpc) is 3.39. The summed E-state index contributed by atoms with van der Waals surface area (Å²) in [4.78, 5) is 13.9. The van der Waals surface area contributed by atoms with Crippen molar-refractivity contribution in [3.8, 4) is 5.75 Å². The maximum Gasteiger partial charge on any atom is 0.289 e. The second-order valence-corrected chi connectivity index (χ2v) is 6.25. The number of carbonyl (C=O) groups excluding carboxylic acids is 1. The van der Waals surface area contributed by atoms with E-state index in [1.54, 1.807) is 24.0 Å². The first kappa shape index (κ1) is 21.3. The summed E-state index contributed by atoms with van der Waals surface area (Å²) in [5.74, 6) is -12.8. The minimum absolute atomic E-state index is 0.0470. The Bertz CT molecular complexity index is 1050. The van der Waals surface area contributed by atoms with Gasteiger partial charge in [-0.2, -0.15) is 13.9 Å². The zero-order chi connectivity index (χ0) is 22.0. The zero-order valence-electron chi connectivity index (χ0n) is 15.9. The molecule has 0 unspecified atom stereocenters. The Morgan fingerprint density at radius 3 is 2.33 bits per heavy atom. The van der Waals surface area contributed by atoms with Crippen molar-refractivity contribution in [1.29, 1.82) is 0 Å². The number of amides is 1. The molecule has 0 N–H and O–H groups in total. The minimum atomic E-state index is -2.28. The van der Waals surface area contributed by atoms with Gasteiger partial charge in [0.1, 0.15) is 12.4 Å². The van der Waals surface area contributed by atoms with Gasteiger partial charge in [0.25, 0.3) is 5.91 Å². The quantitative estimate of drug-likeness (QED) is 0.323. The summed E-state index contributed by atoms with van der Waals surface area (Å²) in [5.41, 5.74) is 0.801. The summed E-state index contributed by atoms with van der Waals surface area (Å²) in [7, 11) is 1.54. The van der Waals surface area contributed by atoms with Crippen molar-refractivity contribution in [2.24, 2.45) is 0 Å². The Morgan fingerprint density at radius 2 is 1.70 bits per heavy atom. The largest absolute Gasteiger partial charge is 0.479 e. The molecule has 2 aromatic heterocycles. The van der Waals surface area contributed by atoms with E-state index in [9.17, 15) is 26.7 Å². The summed E-state index contributed by atoms with van der Waals surface area (Å²) >= 11 is 0. The lowest BCUT2D eigenvalue weighted by Crippen LogP contribution is -2.27. The number of nitrogens with zero attached hydrogens (tertiary/aromatic N) is 3. The average molecular weight is 429 g/mol. The summed E-state index contributed by atoms with van der Waals surface area (Å²) in [5, 5.41) is 4.11. The second kappa shape index (κ2) is 8.56. The first-order chi connectivity index (χ1) is 14.2. The van der Waals surface area contributed by atoms with Crippen LogP contribution >= 0.6 is 0 Å². The van der Waals surface area contributed by atoms with Crippen LogP contribution in [0.4, 0.5) is 22.0 Å². The predicted octanol–water partition coefficient (Wildman–Crippen LogP) is 4.04. The van der Waals surface area contributed by atoms with Crippen molar-refractivity contribution >= 4 is 5.91 Å². The number of furan rings is 1. The molecule has 0 aliphatic carbocycles. The standard InChI is InChI=1S/C19H16F5N3O3/c1-3-27-10(6-7-25-27)8-26(2)19(28)12-5-4-11(30-12)9-29-18-16(23)14(21)13(20)15(22)17(18)24/h4-7H,3,8-9H2,1-2H3. The molecule has 3 aromatic rings. The highest BCUT2D eigenvalue weighted by Gasteiger charge is 2.27. The molecule has 3 rings (SSSR count). The lowest BCUT2D eigenvalue weighted by Gasteiger charge is -2.16. The Morgan fingerprint density at radius 1 is 1.07 bits per heavy atom. The molecule has 0 bridgehead atoms. The van der Waals surface area contributed by atoms with Crippen LogP contribution in [0.5, 0.6) is 5.75 Å². The Labute approximate surface area is 167 Å². The number of rotatable bonds is 7. The van der Waals surface area contributed by atoms with Crippen molar-refractivity contribution in [2.75, 3.05) is 7.05 Å². The molecule has 0 radical (unpaired) electrons. The number of ether oxygens (including phenoxy) is 1. The van der Waals surface area contributed by atoms with E-state index in [0.717, 1.165) is 5.69 Å². The number of hydrogen-bond donors (Lipinski definition) is 0. The van der Waals surface area contributed by atoms with Gasteiger partial charge in [0.05, 0.1) is 12.2 Å². The van der Waals surface area contributed by atoms with Gasteiger partial charge >= 0.3 is 0 Å². The second-order valence-electron chi connectivity index (χ2n) is 6.25. The van der Waals surface area contributed by atoms with Crippen LogP contribution in [0.3, 0.4) is 0 Å². The third-order valence-electron chi connectivity index (χ3n) is 4.25. The molecule has 0 aliphatic rings. The molecule has 6 nitrogen and oxygen atoms in total. The maximum absolute atomic E-state index is 13.6. The molecule has 30 heavy (non-hydrogen) atoms. The lowest BCUT2D eigenvalue weighted by molar-refractivity contribution is 0.0745. The maximum atomic E-state index is 13.6. The van der Waals surface area contributed by atoms with Gasteiger partial charge in [-0.1, -0.05) is 0 Å². The van der Waals surface area contributed by atoms with Gasteiger partial charge in [-0.3, -0.25) is 9.48 Å². The normalized spacial score (nSPS) is 11.0. The van der Waals surface area contributed by atoms with Crippen LogP contribution in [-0.2, 0) is 19.7 Å². The molecule has 0 spiro atoms. The number of halogens is 5. The Kier molecular flexibility index (Phi) is 6.09. The van der Waals surface area contributed by atoms with Crippen LogP contribution in [0.15, 0.2) is 28.8 Å². The predicted molar refractivity (Wildman–Crippen MR) is 93.0 cm³/mol. The van der Waals surface area contributed by atoms with Gasteiger partial charge in [0.2, 0.25) is 29.1 Å². The van der Waals surface area contributed by atoms with Gasteiger partial charge in [-0.15, -0.1) is 0 Å². The Balaban J connectivity index is 1.69. The van der Waals surface area contributed by atoms with E-state index >= 15 is 0 Å². The molecule has 0 aliphatic heterocycles. The summed E-state index contributed by atoms with van der Waals surface area (Å²) < 4.78 is 78.5. The Hall–Kier alpha value is -3.37. The molecule has 0 atom stereocenters. The summed E-state index contributed by atoms with van der Waals surface area (Å²) in [6.45, 7) is 2.13. The summed E-state index contributed by atoms with van der Waals surface area (Å²) in [6.07, 6.45) is 1.61. The van der Waals surface area contributed by atoms with Crippen LogP contribution in [-0.4, -0.2) is 27.6 Å². The number of aryl methyl sites for hydroxylation is 1. The van der Waals surface area contributed by atoms with Crippen molar-refractivity contribution in [1.82, 2.24) is 14.7 Å². The SMILES string of the molecule is CCn1nccc1CN(C)C(=O)c1ccc(COc2c(F)c(F)c(F)c(F)c2F)o1. The van der Waals surface area contributed by atoms with Crippen molar-refractivity contribution < 1.29 is 35.9 Å². The molecule has 11 heteroatoms. The van der Waals surface area contributed by atoms with E-state index in [-0.39, 0.29) is 18.1 Å². The third-order valence-corrected chi connectivity index (χ3v) is 4.25. The zero-order valence-corrected chi connectivity index (χ0v) is 15.9. The topological polar surface area (TPSA) is 60.5 Å². The molecular weight excluding hydrogens is 413 g/mol. The van der Waals surface area contributed by atoms with Crippen LogP contribution < -0.4 is 4.74 Å². The molecule has 0 saturated carbocycles. The smallest absolute Gasteiger partial charge is 0.289 e. The fraction of sp³-hybridized carbons (Fsp3) is 0.263. The summed E-state index contributed by atoms with van der Waals surface area (Å²) in [6, 6.07) is 4.37. The fourth-order valence-corrected chi connectivity index (χ4v) is 2.71. The first-order valence-corrected chi connectivity index (χ1v) is 8.73. The number of aromatic nitrogens is 2. The highest BCUT2D eigenvalue weighted by Crippen LogP contribution is 2.29. The van der Waals surface area contributed by atoms with E-state index in [1.165, 1.54) is 17.0 Å². The van der Waals surface area contributed by atoms with Gasteiger partial charge in [0, 0.05) is 19.8 Å². The molecule has 0 fully saturated rings. The fourth-order valence-electron chi connectivity index (χ4n) is 2.71. The molecule has 1 amide bonds. The molecule has 0 saturated heterocycles. The molecule has 1 aromatic carbocycles. The van der Waals surface area contributed by atoms with Crippen molar-refractivity contribution in [3.05, 3.63) is 70.7 Å². The van der Waals surface area contributed by atoms with Crippen LogP contribution in [0.1, 0.15) is 28.9 Å². The van der Waals surface area contributed by atoms with E-state index in [0.29, 0.717) is 6.54 Å².